The van der Waals surface area contributed by atoms with Crippen LogP contribution in [-0.2, 0) is 23.9 Å². The lowest BCUT2D eigenvalue weighted by atomic mass is 10.4. The molecule has 0 aromatic carbocycles. The molecule has 0 radical (unpaired) electrons. The van der Waals surface area contributed by atoms with Crippen molar-refractivity contribution in [3.8, 4) is 0 Å². The van der Waals surface area contributed by atoms with Crippen LogP contribution in [0.1, 0.15) is 33.6 Å². The largest absolute Gasteiger partial charge is 0.502 e. The maximum atomic E-state index is 10.3. The Morgan fingerprint density at radius 2 is 1.57 bits per heavy atom. The first-order valence-electron chi connectivity index (χ1n) is 6.86. The fourth-order valence-corrected chi connectivity index (χ4v) is 0.590. The van der Waals surface area contributed by atoms with Crippen LogP contribution >= 0.6 is 0 Å². The number of hydrogen-bond acceptors (Lipinski definition) is 6. The Bertz CT molecular complexity index is 399. The minimum absolute atomic E-state index is 0.176. The molecule has 0 aliphatic heterocycles. The van der Waals surface area contributed by atoms with Crippen LogP contribution in [0.25, 0.3) is 0 Å². The number of carbonyl (C=O) groups excluding carboxylic acids is 2. The Balaban J connectivity index is -0.000000266. The summed E-state index contributed by atoms with van der Waals surface area (Å²) in [5.41, 5.74) is 0.176. The number of aliphatic carboxylic acids is 1. The van der Waals surface area contributed by atoms with E-state index < -0.39 is 17.7 Å². The van der Waals surface area contributed by atoms with Crippen molar-refractivity contribution in [2.24, 2.45) is 0 Å². The van der Waals surface area contributed by atoms with E-state index in [1.807, 2.05) is 6.92 Å². The molecule has 0 rings (SSSR count). The summed E-state index contributed by atoms with van der Waals surface area (Å²) < 4.78 is 8.99. The van der Waals surface area contributed by atoms with Gasteiger partial charge in [-0.3, -0.25) is 0 Å². The van der Waals surface area contributed by atoms with Crippen molar-refractivity contribution in [2.75, 3.05) is 13.2 Å². The summed E-state index contributed by atoms with van der Waals surface area (Å²) in [6.45, 7) is 15.3. The molecule has 132 valence electrons. The second kappa shape index (κ2) is 17.5. The lowest BCUT2D eigenvalue weighted by Gasteiger charge is -1.97. The predicted molar refractivity (Wildman–Crippen MR) is 86.9 cm³/mol. The molecule has 23 heavy (non-hydrogen) atoms. The van der Waals surface area contributed by atoms with Crippen LogP contribution in [0.15, 0.2) is 37.1 Å². The minimum Gasteiger partial charge on any atom is -0.502 e. The summed E-state index contributed by atoms with van der Waals surface area (Å²) >= 11 is 0. The lowest BCUT2D eigenvalue weighted by Crippen LogP contribution is -2.05. The third kappa shape index (κ3) is 24.8. The van der Waals surface area contributed by atoms with Gasteiger partial charge in [-0.15, -0.1) is 0 Å². The van der Waals surface area contributed by atoms with Gasteiger partial charge in [0.1, 0.15) is 0 Å². The van der Waals surface area contributed by atoms with E-state index in [0.717, 1.165) is 12.8 Å². The van der Waals surface area contributed by atoms with Crippen molar-refractivity contribution in [2.45, 2.75) is 33.6 Å². The van der Waals surface area contributed by atoms with Gasteiger partial charge in [0.05, 0.1) is 13.2 Å². The van der Waals surface area contributed by atoms with E-state index in [-0.39, 0.29) is 18.1 Å². The molecule has 0 bridgehead atoms. The number of aliphatic hydroxyl groups excluding tert-OH is 1. The monoisotopic (exact) mass is 330 g/mol. The fraction of sp³-hybridized carbons (Fsp3) is 0.438. The standard InChI is InChI=1S/C7H12O2.C5H8O3.C4H6O2/c1-3-5-6-9-7(8)4-2;1-3-8-5(7)4(2)6;1-3(2)4(5)6/h4H,2-3,5-6H2,1H3;6H,2-3H2,1H3;1H2,2H3,(H,5,6). The van der Waals surface area contributed by atoms with Crippen molar-refractivity contribution >= 4 is 17.9 Å². The van der Waals surface area contributed by atoms with Crippen LogP contribution in [-0.4, -0.2) is 41.3 Å². The smallest absolute Gasteiger partial charge is 0.372 e. The van der Waals surface area contributed by atoms with Gasteiger partial charge in [-0.05, 0) is 26.8 Å². The number of ether oxygens (including phenoxy) is 2. The first-order chi connectivity index (χ1) is 10.6. The van der Waals surface area contributed by atoms with Crippen molar-refractivity contribution < 1.29 is 34.1 Å². The van der Waals surface area contributed by atoms with Gasteiger partial charge in [0.15, 0.2) is 5.76 Å². The van der Waals surface area contributed by atoms with Crippen LogP contribution in [0, 0.1) is 0 Å². The molecule has 0 saturated heterocycles. The minimum atomic E-state index is -0.935. The molecule has 7 nitrogen and oxygen atoms in total. The maximum Gasteiger partial charge on any atom is 0.372 e. The van der Waals surface area contributed by atoms with E-state index in [1.165, 1.54) is 13.0 Å². The number of aliphatic hydroxyl groups is 1. The summed E-state index contributed by atoms with van der Waals surface area (Å²) in [6.07, 6.45) is 3.15. The van der Waals surface area contributed by atoms with Gasteiger partial charge in [-0.2, -0.15) is 0 Å². The number of unbranched alkanes of at least 4 members (excludes halogenated alkanes) is 1. The summed E-state index contributed by atoms with van der Waals surface area (Å²) in [5.74, 6) is -2.57. The number of carbonyl (C=O) groups is 3. The van der Waals surface area contributed by atoms with Crippen molar-refractivity contribution in [1.82, 2.24) is 0 Å². The molecule has 0 atom stereocenters. The van der Waals surface area contributed by atoms with Crippen LogP contribution in [0.5, 0.6) is 0 Å². The Kier molecular flexibility index (Phi) is 19.3. The summed E-state index contributed by atoms with van der Waals surface area (Å²) in [5, 5.41) is 16.2. The highest BCUT2D eigenvalue weighted by molar-refractivity contribution is 5.85. The van der Waals surface area contributed by atoms with Gasteiger partial charge < -0.3 is 19.7 Å². The zero-order valence-electron chi connectivity index (χ0n) is 14.0. The maximum absolute atomic E-state index is 10.3. The molecule has 0 aliphatic carbocycles. The lowest BCUT2D eigenvalue weighted by molar-refractivity contribution is -0.141. The van der Waals surface area contributed by atoms with Gasteiger partial charge in [0.2, 0.25) is 0 Å². The predicted octanol–water partition coefficient (Wildman–Crippen LogP) is 2.78. The van der Waals surface area contributed by atoms with Crippen molar-refractivity contribution in [1.29, 1.82) is 0 Å². The van der Waals surface area contributed by atoms with E-state index in [1.54, 1.807) is 6.92 Å². The molecule has 0 unspecified atom stereocenters. The second-order valence-electron chi connectivity index (χ2n) is 3.98. The molecule has 0 fully saturated rings. The van der Waals surface area contributed by atoms with Gasteiger partial charge in [-0.25, -0.2) is 14.4 Å². The highest BCUT2D eigenvalue weighted by Gasteiger charge is 2.01. The molecular formula is C16H26O7. The highest BCUT2D eigenvalue weighted by atomic mass is 16.5. The zero-order chi connectivity index (χ0) is 18.8. The first kappa shape index (κ1) is 25.4. The SMILES string of the molecule is C=C(C)C(=O)O.C=C(O)C(=O)OCC.C=CC(=O)OCCCC. The number of carboxylic acids is 1. The Labute approximate surface area is 136 Å². The topological polar surface area (TPSA) is 110 Å². The zero-order valence-corrected chi connectivity index (χ0v) is 14.0. The molecular weight excluding hydrogens is 304 g/mol. The number of rotatable bonds is 7. The molecule has 0 heterocycles. The summed E-state index contributed by atoms with van der Waals surface area (Å²) in [7, 11) is 0. The third-order valence-electron chi connectivity index (χ3n) is 1.79. The van der Waals surface area contributed by atoms with Crippen LogP contribution in [0.4, 0.5) is 0 Å². The quantitative estimate of drug-likeness (QED) is 0.319. The van der Waals surface area contributed by atoms with E-state index >= 15 is 0 Å². The third-order valence-corrected chi connectivity index (χ3v) is 1.79. The Morgan fingerprint density at radius 1 is 1.09 bits per heavy atom. The Morgan fingerprint density at radius 3 is 1.78 bits per heavy atom. The second-order valence-corrected chi connectivity index (χ2v) is 3.98. The van der Waals surface area contributed by atoms with E-state index in [4.69, 9.17) is 10.2 Å². The average Bonchev–Trinajstić information content (AvgIpc) is 2.48. The average molecular weight is 330 g/mol. The van der Waals surface area contributed by atoms with E-state index in [0.29, 0.717) is 6.61 Å². The van der Waals surface area contributed by atoms with Gasteiger partial charge in [0.25, 0.3) is 0 Å². The van der Waals surface area contributed by atoms with Crippen molar-refractivity contribution in [3.05, 3.63) is 37.1 Å². The molecule has 0 saturated carbocycles. The van der Waals surface area contributed by atoms with Gasteiger partial charge in [0, 0.05) is 11.6 Å². The number of carboxylic acid groups (broad SMARTS) is 1. The molecule has 7 heteroatoms. The number of esters is 2. The highest BCUT2D eigenvalue weighted by Crippen LogP contribution is 1.88. The van der Waals surface area contributed by atoms with Crippen LogP contribution < -0.4 is 0 Å². The fourth-order valence-electron chi connectivity index (χ4n) is 0.590. The molecule has 2 N–H and O–H groups in total. The van der Waals surface area contributed by atoms with E-state index in [2.05, 4.69) is 29.2 Å². The van der Waals surface area contributed by atoms with Gasteiger partial charge in [-0.1, -0.05) is 26.5 Å². The van der Waals surface area contributed by atoms with Gasteiger partial charge >= 0.3 is 17.9 Å². The van der Waals surface area contributed by atoms with Crippen molar-refractivity contribution in [3.63, 3.8) is 0 Å². The molecule has 0 aromatic rings. The molecule has 0 aliphatic rings. The molecule has 0 aromatic heterocycles. The number of hydrogen-bond donors (Lipinski definition) is 2. The normalized spacial score (nSPS) is 8.13. The van der Waals surface area contributed by atoms with Crippen LogP contribution in [0.2, 0.25) is 0 Å². The van der Waals surface area contributed by atoms with E-state index in [9.17, 15) is 14.4 Å². The summed E-state index contributed by atoms with van der Waals surface area (Å²) in [6, 6.07) is 0. The summed E-state index contributed by atoms with van der Waals surface area (Å²) in [4.78, 5) is 30.1. The molecule has 0 spiro atoms. The van der Waals surface area contributed by atoms with Crippen LogP contribution in [0.3, 0.4) is 0 Å². The molecule has 0 amide bonds. The first-order valence-corrected chi connectivity index (χ1v) is 6.86. The Hall–Kier alpha value is -2.57.